The highest BCUT2D eigenvalue weighted by atomic mass is 32.1. The summed E-state index contributed by atoms with van der Waals surface area (Å²) >= 11 is 1.90. The van der Waals surface area contributed by atoms with Gasteiger partial charge < -0.3 is 5.32 Å². The number of rotatable bonds is 4. The molecule has 1 saturated carbocycles. The van der Waals surface area contributed by atoms with Crippen LogP contribution in [-0.4, -0.2) is 29.6 Å². The van der Waals surface area contributed by atoms with E-state index in [-0.39, 0.29) is 0 Å². The molecular weight excluding hydrogens is 264 g/mol. The Morgan fingerprint density at radius 1 is 1.35 bits per heavy atom. The number of nitrogens with one attached hydrogen (secondary N) is 1. The first-order valence-corrected chi connectivity index (χ1v) is 8.93. The normalized spacial score (nSPS) is 33.5. The molecule has 0 spiro atoms. The van der Waals surface area contributed by atoms with Gasteiger partial charge in [-0.2, -0.15) is 0 Å². The summed E-state index contributed by atoms with van der Waals surface area (Å²) in [7, 11) is 0. The summed E-state index contributed by atoms with van der Waals surface area (Å²) in [5.41, 5.74) is 0.330. The minimum atomic E-state index is 0.330. The fraction of sp³-hybridized carbons (Fsp3) is 0.765. The Hall–Kier alpha value is -0.380. The van der Waals surface area contributed by atoms with E-state index in [0.29, 0.717) is 23.5 Å². The zero-order chi connectivity index (χ0) is 14.3. The number of thiophene rings is 1. The smallest absolute Gasteiger partial charge is 0.0417 e. The first-order valence-electron chi connectivity index (χ1n) is 8.05. The topological polar surface area (TPSA) is 15.3 Å². The Bertz CT molecular complexity index is 438. The largest absolute Gasteiger partial charge is 0.308 e. The van der Waals surface area contributed by atoms with Crippen LogP contribution in [0, 0.1) is 11.8 Å². The van der Waals surface area contributed by atoms with Gasteiger partial charge in [-0.15, -0.1) is 11.3 Å². The average molecular weight is 292 g/mol. The fourth-order valence-corrected chi connectivity index (χ4v) is 4.54. The third-order valence-electron chi connectivity index (χ3n) is 5.35. The van der Waals surface area contributed by atoms with Gasteiger partial charge in [-0.1, -0.05) is 19.9 Å². The van der Waals surface area contributed by atoms with Gasteiger partial charge in [0.25, 0.3) is 0 Å². The Morgan fingerprint density at radius 3 is 2.65 bits per heavy atom. The predicted octanol–water partition coefficient (Wildman–Crippen LogP) is 3.91. The summed E-state index contributed by atoms with van der Waals surface area (Å²) in [6, 6.07) is 5.67. The van der Waals surface area contributed by atoms with Gasteiger partial charge in [0.05, 0.1) is 0 Å². The third-order valence-corrected chi connectivity index (χ3v) is 6.39. The van der Waals surface area contributed by atoms with Crippen LogP contribution in [0.1, 0.15) is 51.5 Å². The molecule has 1 aliphatic heterocycles. The van der Waals surface area contributed by atoms with E-state index in [1.807, 2.05) is 11.3 Å². The molecule has 0 amide bonds. The monoisotopic (exact) mass is 292 g/mol. The van der Waals surface area contributed by atoms with Crippen LogP contribution >= 0.6 is 11.3 Å². The second kappa shape index (κ2) is 5.43. The maximum Gasteiger partial charge on any atom is 0.0417 e. The summed E-state index contributed by atoms with van der Waals surface area (Å²) in [6.07, 6.45) is 2.83. The molecule has 2 nitrogen and oxygen atoms in total. The van der Waals surface area contributed by atoms with Gasteiger partial charge in [0, 0.05) is 35.6 Å². The van der Waals surface area contributed by atoms with Gasteiger partial charge in [-0.25, -0.2) is 0 Å². The second-order valence-corrected chi connectivity index (χ2v) is 8.23. The van der Waals surface area contributed by atoms with Crippen LogP contribution in [0.15, 0.2) is 17.5 Å². The van der Waals surface area contributed by atoms with Crippen molar-refractivity contribution in [3.8, 4) is 0 Å². The summed E-state index contributed by atoms with van der Waals surface area (Å²) in [5.74, 6) is 1.60. The lowest BCUT2D eigenvalue weighted by Crippen LogP contribution is -2.65. The standard InChI is InChI=1S/C17H28N2S/c1-12(2)15-10-18-17(4,14-7-8-14)11-19(15)13(3)16-6-5-9-20-16/h5-6,9,12-15,18H,7-8,10-11H2,1-4H3. The van der Waals surface area contributed by atoms with Crippen LogP contribution in [-0.2, 0) is 0 Å². The lowest BCUT2D eigenvalue weighted by molar-refractivity contribution is 0.0240. The number of nitrogens with zero attached hydrogens (tertiary/aromatic N) is 1. The maximum absolute atomic E-state index is 3.88. The van der Waals surface area contributed by atoms with Gasteiger partial charge in [0.1, 0.15) is 0 Å². The van der Waals surface area contributed by atoms with Crippen molar-refractivity contribution in [2.75, 3.05) is 13.1 Å². The van der Waals surface area contributed by atoms with Gasteiger partial charge >= 0.3 is 0 Å². The molecule has 2 aliphatic rings. The summed E-state index contributed by atoms with van der Waals surface area (Å²) in [4.78, 5) is 4.28. The number of hydrogen-bond donors (Lipinski definition) is 1. The van der Waals surface area contributed by atoms with Crippen molar-refractivity contribution in [2.24, 2.45) is 11.8 Å². The van der Waals surface area contributed by atoms with Crippen molar-refractivity contribution in [3.05, 3.63) is 22.4 Å². The molecule has 3 heteroatoms. The fourth-order valence-electron chi connectivity index (χ4n) is 3.74. The summed E-state index contributed by atoms with van der Waals surface area (Å²) in [6.45, 7) is 11.9. The van der Waals surface area contributed by atoms with Crippen molar-refractivity contribution in [1.82, 2.24) is 10.2 Å². The van der Waals surface area contributed by atoms with E-state index in [0.717, 1.165) is 12.5 Å². The van der Waals surface area contributed by atoms with E-state index >= 15 is 0 Å². The molecule has 3 unspecified atom stereocenters. The molecule has 20 heavy (non-hydrogen) atoms. The predicted molar refractivity (Wildman–Crippen MR) is 87.2 cm³/mol. The second-order valence-electron chi connectivity index (χ2n) is 7.25. The molecule has 1 saturated heterocycles. The molecule has 0 radical (unpaired) electrons. The molecule has 0 aromatic carbocycles. The molecule has 1 aliphatic carbocycles. The zero-order valence-corrected chi connectivity index (χ0v) is 14.0. The van der Waals surface area contributed by atoms with E-state index in [1.165, 1.54) is 24.3 Å². The van der Waals surface area contributed by atoms with Gasteiger partial charge in [0.15, 0.2) is 0 Å². The molecular formula is C17H28N2S. The highest BCUT2D eigenvalue weighted by Gasteiger charge is 2.47. The third kappa shape index (κ3) is 2.68. The summed E-state index contributed by atoms with van der Waals surface area (Å²) < 4.78 is 0. The van der Waals surface area contributed by atoms with Crippen molar-refractivity contribution in [1.29, 1.82) is 0 Å². The first kappa shape index (κ1) is 14.6. The quantitative estimate of drug-likeness (QED) is 0.905. The SMILES string of the molecule is CC(C)C1CNC(C)(C2CC2)CN1C(C)c1cccs1. The Balaban J connectivity index is 1.81. The van der Waals surface area contributed by atoms with Crippen molar-refractivity contribution >= 4 is 11.3 Å². The van der Waals surface area contributed by atoms with E-state index in [4.69, 9.17) is 0 Å². The van der Waals surface area contributed by atoms with E-state index in [1.54, 1.807) is 0 Å². The zero-order valence-electron chi connectivity index (χ0n) is 13.2. The van der Waals surface area contributed by atoms with Crippen molar-refractivity contribution in [2.45, 2.75) is 58.2 Å². The lowest BCUT2D eigenvalue weighted by atomic mass is 9.87. The highest BCUT2D eigenvalue weighted by Crippen LogP contribution is 2.43. The van der Waals surface area contributed by atoms with Crippen molar-refractivity contribution < 1.29 is 0 Å². The van der Waals surface area contributed by atoms with Crippen LogP contribution in [0.3, 0.4) is 0 Å². The van der Waals surface area contributed by atoms with E-state index < -0.39 is 0 Å². The molecule has 3 rings (SSSR count). The molecule has 3 atom stereocenters. The van der Waals surface area contributed by atoms with E-state index in [9.17, 15) is 0 Å². The molecule has 2 heterocycles. The van der Waals surface area contributed by atoms with Crippen LogP contribution < -0.4 is 5.32 Å². The van der Waals surface area contributed by atoms with Crippen LogP contribution in [0.25, 0.3) is 0 Å². The molecule has 2 fully saturated rings. The Morgan fingerprint density at radius 2 is 2.10 bits per heavy atom. The van der Waals surface area contributed by atoms with E-state index in [2.05, 4.69) is 55.4 Å². The molecule has 0 bridgehead atoms. The minimum Gasteiger partial charge on any atom is -0.308 e. The lowest BCUT2D eigenvalue weighted by Gasteiger charge is -2.50. The molecule has 1 aromatic rings. The van der Waals surface area contributed by atoms with Gasteiger partial charge in [0.2, 0.25) is 0 Å². The number of hydrogen-bond acceptors (Lipinski definition) is 3. The highest BCUT2D eigenvalue weighted by molar-refractivity contribution is 7.10. The summed E-state index contributed by atoms with van der Waals surface area (Å²) in [5, 5.41) is 6.09. The van der Waals surface area contributed by atoms with Crippen LogP contribution in [0.2, 0.25) is 0 Å². The number of piperazine rings is 1. The van der Waals surface area contributed by atoms with Crippen LogP contribution in [0.4, 0.5) is 0 Å². The minimum absolute atomic E-state index is 0.330. The van der Waals surface area contributed by atoms with Gasteiger partial charge in [-0.3, -0.25) is 4.90 Å². The Labute approximate surface area is 127 Å². The average Bonchev–Trinajstić information content (AvgIpc) is 3.14. The van der Waals surface area contributed by atoms with Crippen molar-refractivity contribution in [3.63, 3.8) is 0 Å². The van der Waals surface area contributed by atoms with Crippen LogP contribution in [0.5, 0.6) is 0 Å². The molecule has 112 valence electrons. The first-order chi connectivity index (χ1) is 9.51. The molecule has 1 aromatic heterocycles. The Kier molecular flexibility index (Phi) is 3.95. The maximum atomic E-state index is 3.88. The van der Waals surface area contributed by atoms with Gasteiger partial charge in [-0.05, 0) is 50.0 Å². The molecule has 1 N–H and O–H groups in total.